The largest absolute Gasteiger partial charge is 0.377 e. The van der Waals surface area contributed by atoms with Gasteiger partial charge in [-0.05, 0) is 90.4 Å². The molecule has 0 aliphatic rings. The Kier molecular flexibility index (Phi) is 30.2. The molecule has 0 amide bonds. The van der Waals surface area contributed by atoms with Crippen LogP contribution in [0.2, 0.25) is 0 Å². The van der Waals surface area contributed by atoms with Gasteiger partial charge in [-0.3, -0.25) is 29.9 Å². The van der Waals surface area contributed by atoms with E-state index in [0.29, 0.717) is 0 Å². The van der Waals surface area contributed by atoms with E-state index >= 15 is 0 Å². The number of nitrogens with zero attached hydrogens (tertiary/aromatic N) is 6. The number of aromatic nitrogens is 6. The van der Waals surface area contributed by atoms with E-state index in [2.05, 4.69) is 125 Å². The first-order valence-electron chi connectivity index (χ1n) is 10.7. The quantitative estimate of drug-likeness (QED) is 0.152. The first kappa shape index (κ1) is 43.1. The Bertz CT molecular complexity index is 864. The molecule has 0 saturated carbocycles. The van der Waals surface area contributed by atoms with Gasteiger partial charge in [0.25, 0.3) is 0 Å². The summed E-state index contributed by atoms with van der Waals surface area (Å²) in [7, 11) is 0. The molecule has 0 unspecified atom stereocenters. The van der Waals surface area contributed by atoms with Crippen LogP contribution in [-0.4, -0.2) is 50.4 Å². The Hall–Kier alpha value is -4.00. The highest BCUT2D eigenvalue weighted by atomic mass is 32.1. The van der Waals surface area contributed by atoms with Crippen molar-refractivity contribution in [2.75, 3.05) is 0 Å². The Morgan fingerprint density at radius 1 is 0.350 bits per heavy atom. The number of hydrogen-bond donors (Lipinski definition) is 8. The third kappa shape index (κ3) is 54.8. The summed E-state index contributed by atoms with van der Waals surface area (Å²) in [6, 6.07) is 0. The topological polar surface area (TPSA) is 286 Å². The minimum atomic E-state index is 0.000000000000000222. The van der Waals surface area contributed by atoms with E-state index in [1.54, 1.807) is 37.2 Å². The molecule has 0 aliphatic carbocycles. The normalized spacial score (nSPS) is 7.95. The van der Waals surface area contributed by atoms with Crippen molar-refractivity contribution in [3.8, 4) is 0 Å². The molecule has 3 aromatic rings. The summed E-state index contributed by atoms with van der Waals surface area (Å²) in [6.45, 7) is 11.5. The molecule has 16 N–H and O–H groups in total. The summed E-state index contributed by atoms with van der Waals surface area (Å²) in [4.78, 5) is 24.1. The second-order valence-corrected chi connectivity index (χ2v) is 8.89. The van der Waals surface area contributed by atoms with Crippen LogP contribution in [0.15, 0.2) is 37.2 Å². The number of thiocarbonyl (C=S) groups is 4. The van der Waals surface area contributed by atoms with Crippen LogP contribution < -0.4 is 45.9 Å². The van der Waals surface area contributed by atoms with Gasteiger partial charge in [-0.15, -0.1) is 0 Å². The molecule has 0 radical (unpaired) electrons. The minimum Gasteiger partial charge on any atom is -0.377 e. The molecule has 0 atom stereocenters. The zero-order chi connectivity index (χ0) is 32.3. The summed E-state index contributed by atoms with van der Waals surface area (Å²) >= 11 is 16.4. The predicted molar refractivity (Wildman–Crippen MR) is 178 cm³/mol. The third-order valence-electron chi connectivity index (χ3n) is 2.73. The van der Waals surface area contributed by atoms with Crippen molar-refractivity contribution < 1.29 is 0 Å². The van der Waals surface area contributed by atoms with Gasteiger partial charge in [0.1, 0.15) is 0 Å². The van der Waals surface area contributed by atoms with Gasteiger partial charge in [-0.2, -0.15) is 0 Å². The van der Waals surface area contributed by atoms with Crippen molar-refractivity contribution in [2.45, 2.75) is 41.5 Å². The van der Waals surface area contributed by atoms with Crippen molar-refractivity contribution in [2.24, 2.45) is 45.9 Å². The van der Waals surface area contributed by atoms with E-state index in [-0.39, 0.29) is 20.4 Å². The van der Waals surface area contributed by atoms with Gasteiger partial charge in [0.15, 0.2) is 20.4 Å². The Balaban J connectivity index is -0.000000195. The van der Waals surface area contributed by atoms with Crippen LogP contribution in [0, 0.1) is 41.5 Å². The summed E-state index contributed by atoms with van der Waals surface area (Å²) in [5.74, 6) is 0. The second-order valence-electron chi connectivity index (χ2n) is 7.01. The average molecular weight is 629 g/mol. The maximum atomic E-state index is 4.62. The number of nitrogens with two attached hydrogens (primary N) is 8. The van der Waals surface area contributed by atoms with E-state index < -0.39 is 0 Å². The summed E-state index contributed by atoms with van der Waals surface area (Å²) in [5.41, 5.74) is 42.8. The van der Waals surface area contributed by atoms with Gasteiger partial charge in [0.05, 0.1) is 34.2 Å². The van der Waals surface area contributed by atoms with Crippen molar-refractivity contribution >= 4 is 69.3 Å². The molecular formula is C22H40N14S4. The zero-order valence-electron chi connectivity index (χ0n) is 23.4. The standard InChI is InChI=1S/3C6H8N2.4CH4N2S/c3*1-5-3-8-6(2)4-7-5;4*2-1(3)4/h3*3-4H,1-2H3;4*(H4,2,3,4). The molecule has 3 aromatic heterocycles. The second kappa shape index (κ2) is 28.0. The van der Waals surface area contributed by atoms with Crippen LogP contribution in [0.1, 0.15) is 34.2 Å². The highest BCUT2D eigenvalue weighted by Crippen LogP contribution is 1.90. The van der Waals surface area contributed by atoms with Crippen LogP contribution >= 0.6 is 48.9 Å². The first-order valence-corrected chi connectivity index (χ1v) is 12.4. The summed E-state index contributed by atoms with van der Waals surface area (Å²) < 4.78 is 0. The Labute approximate surface area is 257 Å². The number of aryl methyl sites for hydroxylation is 6. The minimum absolute atomic E-state index is 0.000000000000000222. The molecular weight excluding hydrogens is 589 g/mol. The van der Waals surface area contributed by atoms with E-state index in [1.165, 1.54) is 0 Å². The highest BCUT2D eigenvalue weighted by Gasteiger charge is 1.84. The van der Waals surface area contributed by atoms with Crippen LogP contribution in [0.25, 0.3) is 0 Å². The van der Waals surface area contributed by atoms with Crippen molar-refractivity contribution in [1.82, 2.24) is 29.9 Å². The average Bonchev–Trinajstić information content (AvgIpc) is 2.79. The summed E-state index contributed by atoms with van der Waals surface area (Å²) in [5, 5.41) is 0.000000000000000888. The smallest absolute Gasteiger partial charge is 0.160 e. The Morgan fingerprint density at radius 3 is 0.475 bits per heavy atom. The van der Waals surface area contributed by atoms with E-state index in [0.717, 1.165) is 34.2 Å². The lowest BCUT2D eigenvalue weighted by Crippen LogP contribution is -2.18. The van der Waals surface area contributed by atoms with Gasteiger partial charge in [0, 0.05) is 37.2 Å². The molecule has 18 heteroatoms. The molecule has 3 heterocycles. The lowest BCUT2D eigenvalue weighted by molar-refractivity contribution is 1.06. The fourth-order valence-electron chi connectivity index (χ4n) is 1.37. The lowest BCUT2D eigenvalue weighted by atomic mass is 10.5. The first-order chi connectivity index (χ1) is 18.3. The lowest BCUT2D eigenvalue weighted by Gasteiger charge is -1.88. The van der Waals surface area contributed by atoms with Crippen LogP contribution in [-0.2, 0) is 0 Å². The monoisotopic (exact) mass is 628 g/mol. The van der Waals surface area contributed by atoms with Crippen LogP contribution in [0.5, 0.6) is 0 Å². The van der Waals surface area contributed by atoms with E-state index in [9.17, 15) is 0 Å². The predicted octanol–water partition coefficient (Wildman–Crippen LogP) is 0.0351. The molecule has 0 aromatic carbocycles. The molecule has 0 saturated heterocycles. The highest BCUT2D eigenvalue weighted by molar-refractivity contribution is 7.80. The van der Waals surface area contributed by atoms with Crippen molar-refractivity contribution in [1.29, 1.82) is 0 Å². The zero-order valence-corrected chi connectivity index (χ0v) is 26.7. The van der Waals surface area contributed by atoms with Crippen molar-refractivity contribution in [3.05, 3.63) is 71.3 Å². The maximum Gasteiger partial charge on any atom is 0.160 e. The fourth-order valence-corrected chi connectivity index (χ4v) is 1.37. The number of hydrogen-bond acceptors (Lipinski definition) is 10. The molecule has 14 nitrogen and oxygen atoms in total. The third-order valence-corrected chi connectivity index (χ3v) is 2.73. The SMILES string of the molecule is Cc1cnc(C)cn1.Cc1cnc(C)cn1.Cc1cnc(C)cn1.NC(N)=S.NC(N)=S.NC(N)=S.NC(N)=S. The fraction of sp³-hybridized carbons (Fsp3) is 0.273. The molecule has 0 spiro atoms. The molecule has 0 aliphatic heterocycles. The van der Waals surface area contributed by atoms with Gasteiger partial charge in [-0.1, -0.05) is 0 Å². The molecule has 40 heavy (non-hydrogen) atoms. The number of rotatable bonds is 0. The van der Waals surface area contributed by atoms with Gasteiger partial charge in [-0.25, -0.2) is 0 Å². The summed E-state index contributed by atoms with van der Waals surface area (Å²) in [6.07, 6.45) is 10.6. The molecule has 0 fully saturated rings. The maximum absolute atomic E-state index is 4.62. The molecule has 3 rings (SSSR count). The van der Waals surface area contributed by atoms with Crippen LogP contribution in [0.4, 0.5) is 0 Å². The van der Waals surface area contributed by atoms with Gasteiger partial charge in [0.2, 0.25) is 0 Å². The van der Waals surface area contributed by atoms with Crippen LogP contribution in [0.3, 0.4) is 0 Å². The van der Waals surface area contributed by atoms with Gasteiger partial charge >= 0.3 is 0 Å². The van der Waals surface area contributed by atoms with E-state index in [4.69, 9.17) is 0 Å². The van der Waals surface area contributed by atoms with Gasteiger partial charge < -0.3 is 45.9 Å². The Morgan fingerprint density at radius 2 is 0.425 bits per heavy atom. The van der Waals surface area contributed by atoms with E-state index in [1.807, 2.05) is 41.5 Å². The van der Waals surface area contributed by atoms with Crippen molar-refractivity contribution in [3.63, 3.8) is 0 Å². The molecule has 222 valence electrons. The molecule has 0 bridgehead atoms.